The number of hydrogen-bond donors (Lipinski definition) is 1. The van der Waals surface area contributed by atoms with E-state index in [2.05, 4.69) is 110 Å². The Morgan fingerprint density at radius 3 is 1.76 bits per heavy atom. The van der Waals surface area contributed by atoms with Crippen molar-refractivity contribution in [2.24, 2.45) is 11.8 Å². The Labute approximate surface area is 394 Å². The van der Waals surface area contributed by atoms with Crippen LogP contribution in [0, 0.1) is 65.1 Å². The van der Waals surface area contributed by atoms with Crippen LogP contribution >= 0.6 is 66.1 Å². The van der Waals surface area contributed by atoms with Crippen LogP contribution in [0.2, 0.25) is 0 Å². The topological polar surface area (TPSA) is 77.7 Å². The Kier molecular flexibility index (Phi) is 44.6. The first kappa shape index (κ1) is 60.2. The number of halogens is 5. The van der Waals surface area contributed by atoms with Crippen molar-refractivity contribution in [2.45, 2.75) is 97.6 Å². The molecular weight excluding hydrogens is 1030 g/mol. The number of carbonyl (C=O) groups is 2. The maximum atomic E-state index is 11.1. The van der Waals surface area contributed by atoms with Crippen molar-refractivity contribution >= 4 is 107 Å². The number of alkyl halides is 1. The fraction of sp³-hybridized carbons (Fsp3) is 0.432. The van der Waals surface area contributed by atoms with E-state index in [1.54, 1.807) is 36.4 Å². The number of terminal acetylenes is 2. The third-order valence-electron chi connectivity index (χ3n) is 7.03. The first-order chi connectivity index (χ1) is 25.4. The predicted molar refractivity (Wildman–Crippen MR) is 247 cm³/mol. The summed E-state index contributed by atoms with van der Waals surface area (Å²) in [5.41, 5.74) is 2.62. The molecule has 0 radical (unpaired) electrons. The van der Waals surface area contributed by atoms with Crippen LogP contribution in [0.1, 0.15) is 117 Å². The molecule has 0 spiro atoms. The molecule has 2 aromatic carbocycles. The second kappa shape index (κ2) is 40.7. The van der Waals surface area contributed by atoms with Gasteiger partial charge in [-0.25, -0.2) is 9.59 Å². The van der Waals surface area contributed by atoms with Crippen LogP contribution in [0.4, 0.5) is 0 Å². The molecule has 0 amide bonds. The van der Waals surface area contributed by atoms with E-state index in [1.807, 2.05) is 40.8 Å². The molecule has 0 aromatic heterocycles. The first-order valence-electron chi connectivity index (χ1n) is 17.3. The average molecular weight is 1090 g/mol. The molecule has 2 fully saturated rings. The SMILES string of the molecule is C#CC1CCC1.C#CCCCCCl.CC(C)[N-]C(C)C.COC(=O)c1ccc(C=C(Br)Br)cc1.O=C(O)c1ccc(C#CC#CC2CCC2)cc1.[Br-].[CH2-]I.[Mg+2]. The summed E-state index contributed by atoms with van der Waals surface area (Å²) in [7, 11) is 1.37. The van der Waals surface area contributed by atoms with Gasteiger partial charge >= 0.3 is 35.0 Å². The van der Waals surface area contributed by atoms with E-state index in [4.69, 9.17) is 29.6 Å². The number of nitrogens with zero attached hydrogens (tertiary/aromatic N) is 1. The zero-order valence-electron chi connectivity index (χ0n) is 32.7. The number of carboxylic acids is 1. The van der Waals surface area contributed by atoms with Crippen LogP contribution in [0.5, 0.6) is 0 Å². The first-order valence-corrected chi connectivity index (χ1v) is 21.0. The van der Waals surface area contributed by atoms with Gasteiger partial charge in [-0.2, -0.15) is 0 Å². The number of aromatic carboxylic acids is 1. The van der Waals surface area contributed by atoms with Gasteiger partial charge in [-0.3, -0.25) is 4.93 Å². The fourth-order valence-electron chi connectivity index (χ4n) is 3.94. The molecule has 0 heterocycles. The fourth-order valence-corrected chi connectivity index (χ4v) is 4.66. The van der Waals surface area contributed by atoms with E-state index in [-0.39, 0.29) is 51.6 Å². The maximum Gasteiger partial charge on any atom is 2.00 e. The maximum absolute atomic E-state index is 11.1. The number of unbranched alkanes of at least 4 members (excludes halogenated alkanes) is 2. The second-order valence-corrected chi connectivity index (χ2v) is 15.2. The van der Waals surface area contributed by atoms with Crippen LogP contribution in [0.15, 0.2) is 51.9 Å². The summed E-state index contributed by atoms with van der Waals surface area (Å²) in [5.74, 6) is 17.6. The number of benzene rings is 2. The molecule has 2 aromatic rings. The van der Waals surface area contributed by atoms with Gasteiger partial charge in [-0.1, -0.05) is 64.5 Å². The van der Waals surface area contributed by atoms with Crippen LogP contribution in [0.25, 0.3) is 11.4 Å². The van der Waals surface area contributed by atoms with E-state index in [9.17, 15) is 9.59 Å². The summed E-state index contributed by atoms with van der Waals surface area (Å²) in [6.45, 7) is 8.39. The second-order valence-electron chi connectivity index (χ2n) is 12.1. The number of ether oxygens (including phenoxy) is 1. The van der Waals surface area contributed by atoms with Gasteiger partial charge in [0.2, 0.25) is 0 Å². The monoisotopic (exact) mass is 1080 g/mol. The number of methoxy groups -OCH3 is 1. The van der Waals surface area contributed by atoms with Gasteiger partial charge in [0.15, 0.2) is 0 Å². The molecule has 11 heteroatoms. The van der Waals surface area contributed by atoms with Crippen molar-refractivity contribution in [3.8, 4) is 48.4 Å². The van der Waals surface area contributed by atoms with Gasteiger partial charge in [0.1, 0.15) is 0 Å². The van der Waals surface area contributed by atoms with Gasteiger partial charge in [-0.05, 0) is 130 Å². The zero-order valence-corrected chi connectivity index (χ0v) is 41.7. The molecule has 2 aliphatic carbocycles. The minimum atomic E-state index is -0.922. The van der Waals surface area contributed by atoms with E-state index in [0.29, 0.717) is 29.5 Å². The Morgan fingerprint density at radius 1 is 0.927 bits per heavy atom. The molecule has 55 heavy (non-hydrogen) atoms. The van der Waals surface area contributed by atoms with Gasteiger partial charge in [0.05, 0.1) is 21.6 Å². The van der Waals surface area contributed by atoms with Crippen molar-refractivity contribution in [1.82, 2.24) is 0 Å². The molecule has 1 N–H and O–H groups in total. The molecule has 2 aliphatic rings. The van der Waals surface area contributed by atoms with E-state index in [0.717, 1.165) is 39.7 Å². The van der Waals surface area contributed by atoms with E-state index in [1.165, 1.54) is 45.6 Å². The smallest absolute Gasteiger partial charge is 1.00 e. The molecular formula is C44H53Br3ClIMgNO4-. The van der Waals surface area contributed by atoms with Crippen LogP contribution in [0.3, 0.4) is 0 Å². The molecule has 2 saturated carbocycles. The summed E-state index contributed by atoms with van der Waals surface area (Å²) >= 11 is 13.8. The summed E-state index contributed by atoms with van der Waals surface area (Å²) in [5, 5.41) is 13.0. The van der Waals surface area contributed by atoms with Crippen LogP contribution in [-0.2, 0) is 4.74 Å². The normalized spacial score (nSPS) is 11.5. The summed E-state index contributed by atoms with van der Waals surface area (Å²) in [6.07, 6.45) is 22.5. The van der Waals surface area contributed by atoms with E-state index >= 15 is 0 Å². The molecule has 4 rings (SSSR count). The number of esters is 1. The van der Waals surface area contributed by atoms with Gasteiger partial charge < -0.3 is 54.7 Å². The van der Waals surface area contributed by atoms with Crippen LogP contribution in [-0.4, -0.2) is 65.2 Å². The minimum Gasteiger partial charge on any atom is -1.00 e. The van der Waals surface area contributed by atoms with Crippen molar-refractivity contribution in [2.75, 3.05) is 13.0 Å². The molecule has 5 nitrogen and oxygen atoms in total. The quantitative estimate of drug-likeness (QED) is 0.0544. The molecule has 296 valence electrons. The zero-order chi connectivity index (χ0) is 40.4. The van der Waals surface area contributed by atoms with Crippen molar-refractivity contribution in [1.29, 1.82) is 0 Å². The van der Waals surface area contributed by atoms with Gasteiger partial charge in [0, 0.05) is 29.7 Å². The Morgan fingerprint density at radius 2 is 1.44 bits per heavy atom. The van der Waals surface area contributed by atoms with Crippen molar-refractivity contribution in [3.05, 3.63) is 84.4 Å². The molecule has 0 unspecified atom stereocenters. The van der Waals surface area contributed by atoms with E-state index < -0.39 is 5.97 Å². The van der Waals surface area contributed by atoms with Crippen molar-refractivity contribution < 1.29 is 36.4 Å². The Hall–Kier alpha value is -1.45. The third kappa shape index (κ3) is 35.4. The molecule has 0 aliphatic heterocycles. The number of rotatable bonds is 8. The number of carboxylic acid groups (broad SMARTS) is 1. The molecule has 0 saturated heterocycles. The number of hydrogen-bond acceptors (Lipinski definition) is 3. The Balaban J connectivity index is -0.000000308. The average Bonchev–Trinajstić information content (AvgIpc) is 3.08. The largest absolute Gasteiger partial charge is 2.00 e. The standard InChI is InChI=1S/C15H12O2.C10H8Br2O2.C6H9Cl.C6H14N.C6H8.CH2I.BrH.Mg/c16-15(17)14-10-8-13(9-11-14)5-2-1-4-12-6-3-7-12;1-14-10(13)8-4-2-7(3-5-8)6-9(11)12;1-2-3-4-5-6-7;1-5(2)7-6(3)4;1-2-6-4-3-5-6;1-2;;/h8-12H,3,6-7H2,(H,16,17);2-6H,1H3;1H,3-6H2;5-6H,1-4H3;1,6H,3-5H2;1H2;1H;/q;;;-1;;-1;;+2/p-1. The number of carbonyl (C=O) groups excluding carboxylic acids is 1. The molecule has 0 atom stereocenters. The Bertz CT molecular complexity index is 1530. The predicted octanol–water partition coefficient (Wildman–Crippen LogP) is 9.56. The molecule has 0 bridgehead atoms. The summed E-state index contributed by atoms with van der Waals surface area (Å²) in [6, 6.07) is 14.6. The summed E-state index contributed by atoms with van der Waals surface area (Å²) in [4.78, 5) is 24.9. The third-order valence-corrected chi connectivity index (χ3v) is 7.76. The van der Waals surface area contributed by atoms with Crippen LogP contribution < -0.4 is 17.0 Å². The van der Waals surface area contributed by atoms with Gasteiger partial charge in [-0.15, -0.1) is 48.4 Å². The van der Waals surface area contributed by atoms with Crippen molar-refractivity contribution in [3.63, 3.8) is 0 Å². The minimum absolute atomic E-state index is 0. The van der Waals surface area contributed by atoms with Gasteiger partial charge in [0.25, 0.3) is 0 Å². The summed E-state index contributed by atoms with van der Waals surface area (Å²) < 4.78 is 5.44.